The number of ketones is 1. The first-order valence-corrected chi connectivity index (χ1v) is 5.23. The number of nitrogens with zero attached hydrogens (tertiary/aromatic N) is 2. The predicted molar refractivity (Wildman–Crippen MR) is 58.5 cm³/mol. The van der Waals surface area contributed by atoms with E-state index in [0.29, 0.717) is 4.68 Å². The Balaban J connectivity index is 2.68. The summed E-state index contributed by atoms with van der Waals surface area (Å²) in [5.41, 5.74) is -1.85. The lowest BCUT2D eigenvalue weighted by Gasteiger charge is -2.11. The maximum absolute atomic E-state index is 13.1. The second-order valence-corrected chi connectivity index (χ2v) is 3.85. The number of carbonyl (C=O) groups excluding carboxylic acids is 1. The van der Waals surface area contributed by atoms with Gasteiger partial charge in [0.2, 0.25) is 0 Å². The van der Waals surface area contributed by atoms with Gasteiger partial charge in [-0.1, -0.05) is 6.07 Å². The highest BCUT2D eigenvalue weighted by Crippen LogP contribution is 2.33. The third-order valence-electron chi connectivity index (χ3n) is 2.47. The van der Waals surface area contributed by atoms with E-state index in [1.54, 1.807) is 0 Å². The van der Waals surface area contributed by atoms with Crippen molar-refractivity contribution in [3.63, 3.8) is 0 Å². The number of carbonyl (C=O) groups is 1. The Hall–Kier alpha value is -2.18. The molecule has 0 fully saturated rings. The number of hydrogen-bond donors (Lipinski definition) is 0. The molecule has 0 saturated heterocycles. The van der Waals surface area contributed by atoms with E-state index in [4.69, 9.17) is 0 Å². The second kappa shape index (κ2) is 4.49. The molecule has 0 atom stereocenters. The van der Waals surface area contributed by atoms with Crippen molar-refractivity contribution in [1.29, 1.82) is 0 Å². The van der Waals surface area contributed by atoms with Gasteiger partial charge >= 0.3 is 6.18 Å². The van der Waals surface area contributed by atoms with Gasteiger partial charge in [-0.15, -0.1) is 0 Å². The van der Waals surface area contributed by atoms with Crippen LogP contribution < -0.4 is 0 Å². The van der Waals surface area contributed by atoms with Crippen LogP contribution in [0, 0.1) is 5.82 Å². The molecule has 0 N–H and O–H groups in total. The summed E-state index contributed by atoms with van der Waals surface area (Å²) in [6.07, 6.45) is -3.93. The number of halogens is 4. The summed E-state index contributed by atoms with van der Waals surface area (Å²) in [4.78, 5) is 11.2. The lowest BCUT2D eigenvalue weighted by molar-refractivity contribution is -0.143. The summed E-state index contributed by atoms with van der Waals surface area (Å²) >= 11 is 0. The summed E-state index contributed by atoms with van der Waals surface area (Å²) in [5.74, 6) is -1.44. The normalized spacial score (nSPS) is 11.6. The lowest BCUT2D eigenvalue weighted by Crippen LogP contribution is -2.16. The van der Waals surface area contributed by atoms with E-state index in [1.165, 1.54) is 12.1 Å². The van der Waals surface area contributed by atoms with Crippen LogP contribution in [0.4, 0.5) is 17.6 Å². The van der Waals surface area contributed by atoms with E-state index < -0.39 is 29.0 Å². The molecule has 7 heteroatoms. The molecule has 3 nitrogen and oxygen atoms in total. The number of aromatic nitrogens is 2. The summed E-state index contributed by atoms with van der Waals surface area (Å²) in [7, 11) is 0. The summed E-state index contributed by atoms with van der Waals surface area (Å²) in [6.45, 7) is 1.02. The van der Waals surface area contributed by atoms with Crippen LogP contribution in [0.2, 0.25) is 0 Å². The van der Waals surface area contributed by atoms with Gasteiger partial charge < -0.3 is 0 Å². The van der Waals surface area contributed by atoms with E-state index >= 15 is 0 Å². The Kier molecular flexibility index (Phi) is 3.13. The molecule has 19 heavy (non-hydrogen) atoms. The molecule has 2 rings (SSSR count). The van der Waals surface area contributed by atoms with Crippen LogP contribution in [-0.4, -0.2) is 15.6 Å². The highest BCUT2D eigenvalue weighted by atomic mass is 19.4. The highest BCUT2D eigenvalue weighted by molar-refractivity contribution is 5.95. The third-order valence-corrected chi connectivity index (χ3v) is 2.47. The Morgan fingerprint density at radius 1 is 1.32 bits per heavy atom. The molecule has 100 valence electrons. The fourth-order valence-corrected chi connectivity index (χ4v) is 1.68. The molecule has 0 amide bonds. The van der Waals surface area contributed by atoms with E-state index in [1.807, 2.05) is 0 Å². The van der Waals surface area contributed by atoms with Gasteiger partial charge in [-0.05, 0) is 25.1 Å². The Morgan fingerprint density at radius 2 is 2.00 bits per heavy atom. The molecule has 0 aliphatic rings. The SMILES string of the molecule is CC(=O)c1cnn(-c2cccc(F)c2)c1C(F)(F)F. The number of hydrogen-bond acceptors (Lipinski definition) is 2. The van der Waals surface area contributed by atoms with Crippen molar-refractivity contribution in [3.8, 4) is 5.69 Å². The maximum Gasteiger partial charge on any atom is 0.434 e. The summed E-state index contributed by atoms with van der Waals surface area (Å²) in [5, 5.41) is 3.52. The zero-order valence-electron chi connectivity index (χ0n) is 9.70. The van der Waals surface area contributed by atoms with Crippen molar-refractivity contribution < 1.29 is 22.4 Å². The van der Waals surface area contributed by atoms with Crippen LogP contribution >= 0.6 is 0 Å². The molecule has 0 bridgehead atoms. The molecule has 0 saturated carbocycles. The molecule has 0 aliphatic carbocycles. The van der Waals surface area contributed by atoms with E-state index in [2.05, 4.69) is 5.10 Å². The number of rotatable bonds is 2. The van der Waals surface area contributed by atoms with E-state index in [9.17, 15) is 22.4 Å². The Morgan fingerprint density at radius 3 is 2.53 bits per heavy atom. The van der Waals surface area contributed by atoms with Crippen molar-refractivity contribution in [2.75, 3.05) is 0 Å². The molecule has 0 radical (unpaired) electrons. The van der Waals surface area contributed by atoms with E-state index in [0.717, 1.165) is 25.3 Å². The molecule has 0 spiro atoms. The minimum Gasteiger partial charge on any atom is -0.294 e. The van der Waals surface area contributed by atoms with Crippen LogP contribution in [-0.2, 0) is 6.18 Å². The number of Topliss-reactive ketones (excluding diaryl/α,β-unsaturated/α-hetero) is 1. The number of alkyl halides is 3. The zero-order chi connectivity index (χ0) is 14.2. The quantitative estimate of drug-likeness (QED) is 0.621. The molecule has 1 aromatic heterocycles. The predicted octanol–water partition coefficient (Wildman–Crippen LogP) is 3.23. The van der Waals surface area contributed by atoms with Gasteiger partial charge in [0, 0.05) is 0 Å². The zero-order valence-corrected chi connectivity index (χ0v) is 9.70. The standard InChI is InChI=1S/C12H8F4N2O/c1-7(19)10-6-17-18(11(10)12(14,15)16)9-4-2-3-8(13)5-9/h2-6H,1H3. The van der Waals surface area contributed by atoms with Crippen molar-refractivity contribution in [1.82, 2.24) is 9.78 Å². The minimum absolute atomic E-state index is 0.0974. The Bertz CT molecular complexity index is 631. The van der Waals surface area contributed by atoms with Gasteiger partial charge in [0.05, 0.1) is 17.4 Å². The topological polar surface area (TPSA) is 34.9 Å². The van der Waals surface area contributed by atoms with Gasteiger partial charge in [0.15, 0.2) is 11.5 Å². The van der Waals surface area contributed by atoms with Crippen LogP contribution in [0.1, 0.15) is 23.0 Å². The van der Waals surface area contributed by atoms with Crippen LogP contribution in [0.25, 0.3) is 5.69 Å². The van der Waals surface area contributed by atoms with Crippen molar-refractivity contribution >= 4 is 5.78 Å². The molecule has 1 aromatic carbocycles. The molecular formula is C12H8F4N2O. The average molecular weight is 272 g/mol. The van der Waals surface area contributed by atoms with Gasteiger partial charge in [0.25, 0.3) is 0 Å². The first kappa shape index (κ1) is 13.3. The maximum atomic E-state index is 13.1. The molecule has 2 aromatic rings. The van der Waals surface area contributed by atoms with Crippen molar-refractivity contribution in [3.05, 3.63) is 47.5 Å². The highest BCUT2D eigenvalue weighted by Gasteiger charge is 2.39. The molecule has 0 aliphatic heterocycles. The van der Waals surface area contributed by atoms with Gasteiger partial charge in [-0.3, -0.25) is 4.79 Å². The lowest BCUT2D eigenvalue weighted by atomic mass is 10.1. The van der Waals surface area contributed by atoms with Crippen LogP contribution in [0.15, 0.2) is 30.5 Å². The van der Waals surface area contributed by atoms with Gasteiger partial charge in [0.1, 0.15) is 5.82 Å². The average Bonchev–Trinajstić information content (AvgIpc) is 2.73. The van der Waals surface area contributed by atoms with Crippen molar-refractivity contribution in [2.45, 2.75) is 13.1 Å². The minimum atomic E-state index is -4.76. The number of benzene rings is 1. The first-order valence-electron chi connectivity index (χ1n) is 5.23. The largest absolute Gasteiger partial charge is 0.434 e. The smallest absolute Gasteiger partial charge is 0.294 e. The molecule has 1 heterocycles. The van der Waals surface area contributed by atoms with Gasteiger partial charge in [-0.2, -0.15) is 18.3 Å². The van der Waals surface area contributed by atoms with Crippen molar-refractivity contribution in [2.24, 2.45) is 0 Å². The summed E-state index contributed by atoms with van der Waals surface area (Å²) in [6, 6.07) is 4.55. The molecule has 0 unspecified atom stereocenters. The van der Waals surface area contributed by atoms with Crippen LogP contribution in [0.5, 0.6) is 0 Å². The first-order chi connectivity index (χ1) is 8.80. The fourth-order valence-electron chi connectivity index (χ4n) is 1.68. The third kappa shape index (κ3) is 2.49. The van der Waals surface area contributed by atoms with Gasteiger partial charge in [-0.25, -0.2) is 9.07 Å². The summed E-state index contributed by atoms with van der Waals surface area (Å²) < 4.78 is 52.5. The van der Waals surface area contributed by atoms with E-state index in [-0.39, 0.29) is 5.69 Å². The second-order valence-electron chi connectivity index (χ2n) is 3.85. The van der Waals surface area contributed by atoms with Crippen LogP contribution in [0.3, 0.4) is 0 Å². The fraction of sp³-hybridized carbons (Fsp3) is 0.167. The molecular weight excluding hydrogens is 264 g/mol. The monoisotopic (exact) mass is 272 g/mol. The Labute approximate surface area is 105 Å².